The Kier molecular flexibility index (Phi) is 4.20. The Labute approximate surface area is 145 Å². The molecule has 2 aliphatic rings. The molecule has 0 bridgehead atoms. The smallest absolute Gasteiger partial charge is 0.253 e. The molecular formula is C17H20N4O2S. The molecule has 24 heavy (non-hydrogen) atoms. The van der Waals surface area contributed by atoms with Crippen molar-refractivity contribution >= 4 is 22.4 Å². The summed E-state index contributed by atoms with van der Waals surface area (Å²) in [6, 6.07) is 9.48. The average molecular weight is 344 g/mol. The van der Waals surface area contributed by atoms with Gasteiger partial charge in [0.2, 0.25) is 5.13 Å². The summed E-state index contributed by atoms with van der Waals surface area (Å²) in [7, 11) is 0. The number of hydrogen-bond donors (Lipinski definition) is 0. The summed E-state index contributed by atoms with van der Waals surface area (Å²) in [5.74, 6) is 0.398. The van der Waals surface area contributed by atoms with Crippen LogP contribution in [0.25, 0.3) is 0 Å². The van der Waals surface area contributed by atoms with Crippen molar-refractivity contribution in [3.63, 3.8) is 0 Å². The molecule has 1 amide bonds. The van der Waals surface area contributed by atoms with Gasteiger partial charge in [-0.1, -0.05) is 29.5 Å². The minimum atomic E-state index is 0.0880. The minimum absolute atomic E-state index is 0.0880. The lowest BCUT2D eigenvalue weighted by Crippen LogP contribution is -2.37. The van der Waals surface area contributed by atoms with Gasteiger partial charge in [0.25, 0.3) is 5.91 Å². The van der Waals surface area contributed by atoms with Gasteiger partial charge in [-0.25, -0.2) is 0 Å². The maximum absolute atomic E-state index is 12.7. The van der Waals surface area contributed by atoms with Crippen LogP contribution < -0.4 is 4.90 Å². The van der Waals surface area contributed by atoms with Crippen LogP contribution in [0.2, 0.25) is 0 Å². The van der Waals surface area contributed by atoms with Crippen LogP contribution in [0, 0.1) is 12.8 Å². The Bertz CT molecular complexity index is 720. The van der Waals surface area contributed by atoms with Crippen LogP contribution >= 0.6 is 11.3 Å². The first kappa shape index (κ1) is 15.5. The summed E-state index contributed by atoms with van der Waals surface area (Å²) < 4.78 is 6.02. The molecule has 126 valence electrons. The van der Waals surface area contributed by atoms with Crippen LogP contribution in [0.1, 0.15) is 15.4 Å². The lowest BCUT2D eigenvalue weighted by Gasteiger charge is -2.23. The van der Waals surface area contributed by atoms with Gasteiger partial charge in [0.15, 0.2) is 0 Å². The molecule has 0 N–H and O–H groups in total. The molecular weight excluding hydrogens is 324 g/mol. The number of aryl methyl sites for hydroxylation is 1. The Morgan fingerprint density at radius 2 is 2.04 bits per heavy atom. The second kappa shape index (κ2) is 6.49. The third kappa shape index (κ3) is 3.01. The van der Waals surface area contributed by atoms with Gasteiger partial charge in [-0.15, -0.1) is 10.2 Å². The number of anilines is 1. The molecule has 1 aromatic heterocycles. The number of rotatable bonds is 2. The molecule has 2 aromatic rings. The van der Waals surface area contributed by atoms with Crippen LogP contribution in [0.3, 0.4) is 0 Å². The number of nitrogens with zero attached hydrogens (tertiary/aromatic N) is 4. The lowest BCUT2D eigenvalue weighted by molar-refractivity contribution is 0.0569. The fourth-order valence-electron chi connectivity index (χ4n) is 3.41. The number of aromatic nitrogens is 2. The molecule has 3 heterocycles. The van der Waals surface area contributed by atoms with Gasteiger partial charge in [0.05, 0.1) is 12.7 Å². The van der Waals surface area contributed by atoms with E-state index < -0.39 is 0 Å². The molecule has 2 fully saturated rings. The minimum Gasteiger partial charge on any atom is -0.374 e. The monoisotopic (exact) mass is 344 g/mol. The Morgan fingerprint density at radius 3 is 2.79 bits per heavy atom. The van der Waals surface area contributed by atoms with Gasteiger partial charge in [-0.3, -0.25) is 4.79 Å². The van der Waals surface area contributed by atoms with Gasteiger partial charge in [-0.05, 0) is 19.1 Å². The number of amides is 1. The van der Waals surface area contributed by atoms with Crippen LogP contribution in [0.15, 0.2) is 30.3 Å². The molecule has 0 radical (unpaired) electrons. The maximum Gasteiger partial charge on any atom is 0.253 e. The average Bonchev–Trinajstić information content (AvgIpc) is 3.16. The highest BCUT2D eigenvalue weighted by atomic mass is 32.1. The summed E-state index contributed by atoms with van der Waals surface area (Å²) in [4.78, 5) is 16.9. The van der Waals surface area contributed by atoms with E-state index in [0.717, 1.165) is 35.3 Å². The van der Waals surface area contributed by atoms with Crippen molar-refractivity contribution in [2.24, 2.45) is 5.92 Å². The van der Waals surface area contributed by atoms with Gasteiger partial charge in [0, 0.05) is 37.7 Å². The van der Waals surface area contributed by atoms with Crippen LogP contribution in [-0.4, -0.2) is 59.9 Å². The van der Waals surface area contributed by atoms with Crippen molar-refractivity contribution < 1.29 is 9.53 Å². The maximum atomic E-state index is 12.7. The van der Waals surface area contributed by atoms with E-state index in [1.54, 1.807) is 11.3 Å². The normalized spacial score (nSPS) is 23.9. The van der Waals surface area contributed by atoms with Crippen LogP contribution in [0.4, 0.5) is 5.13 Å². The second-order valence-electron chi connectivity index (χ2n) is 6.30. The number of carbonyl (C=O) groups is 1. The van der Waals surface area contributed by atoms with E-state index >= 15 is 0 Å². The topological polar surface area (TPSA) is 58.6 Å². The van der Waals surface area contributed by atoms with Crippen molar-refractivity contribution in [1.29, 1.82) is 0 Å². The first-order valence-corrected chi connectivity index (χ1v) is 9.03. The number of hydrogen-bond acceptors (Lipinski definition) is 6. The highest BCUT2D eigenvalue weighted by molar-refractivity contribution is 7.15. The molecule has 2 atom stereocenters. The van der Waals surface area contributed by atoms with Crippen molar-refractivity contribution in [3.05, 3.63) is 40.9 Å². The molecule has 0 unspecified atom stereocenters. The summed E-state index contributed by atoms with van der Waals surface area (Å²) in [5, 5.41) is 10.3. The fourth-order valence-corrected chi connectivity index (χ4v) is 4.12. The molecule has 1 aromatic carbocycles. The van der Waals surface area contributed by atoms with E-state index in [0.29, 0.717) is 19.1 Å². The number of benzene rings is 1. The molecule has 6 nitrogen and oxygen atoms in total. The van der Waals surface area contributed by atoms with Crippen molar-refractivity contribution in [2.45, 2.75) is 13.0 Å². The number of carbonyl (C=O) groups excluding carboxylic acids is 1. The van der Waals surface area contributed by atoms with Gasteiger partial charge < -0.3 is 14.5 Å². The number of ether oxygens (including phenoxy) is 1. The number of fused-ring (bicyclic) bond motifs is 1. The summed E-state index contributed by atoms with van der Waals surface area (Å²) >= 11 is 1.61. The summed E-state index contributed by atoms with van der Waals surface area (Å²) in [5.41, 5.74) is 0.741. The predicted octanol–water partition coefficient (Wildman–Crippen LogP) is 1.82. The largest absolute Gasteiger partial charge is 0.374 e. The fraction of sp³-hybridized carbons (Fsp3) is 0.471. The third-order valence-electron chi connectivity index (χ3n) is 4.62. The van der Waals surface area contributed by atoms with Crippen molar-refractivity contribution in [1.82, 2.24) is 15.1 Å². The standard InChI is InChI=1S/C17H20N4O2S/c1-12-18-19-17(24-12)21-10-14-9-20(7-8-23-15(14)11-21)16(22)13-5-3-2-4-6-13/h2-6,14-15H,7-11H2,1H3/t14-,15+/m0/s1. The van der Waals surface area contributed by atoms with Gasteiger partial charge in [-0.2, -0.15) is 0 Å². The molecule has 2 aliphatic heterocycles. The zero-order valence-corrected chi connectivity index (χ0v) is 14.4. The van der Waals surface area contributed by atoms with E-state index in [1.807, 2.05) is 42.2 Å². The van der Waals surface area contributed by atoms with E-state index in [4.69, 9.17) is 4.74 Å². The van der Waals surface area contributed by atoms with E-state index in [2.05, 4.69) is 15.1 Å². The van der Waals surface area contributed by atoms with Crippen molar-refractivity contribution in [2.75, 3.05) is 37.7 Å². The summed E-state index contributed by atoms with van der Waals surface area (Å²) in [6.45, 7) is 5.62. The highest BCUT2D eigenvalue weighted by Gasteiger charge is 2.38. The molecule has 0 spiro atoms. The molecule has 7 heteroatoms. The highest BCUT2D eigenvalue weighted by Crippen LogP contribution is 2.30. The molecule has 0 aliphatic carbocycles. The SMILES string of the molecule is Cc1nnc(N2C[C@@H]3CN(C(=O)c4ccccc4)CCO[C@@H]3C2)s1. The zero-order chi connectivity index (χ0) is 16.5. The quantitative estimate of drug-likeness (QED) is 0.832. The summed E-state index contributed by atoms with van der Waals surface area (Å²) in [6.07, 6.45) is 0.155. The van der Waals surface area contributed by atoms with Crippen LogP contribution in [0.5, 0.6) is 0 Å². The van der Waals surface area contributed by atoms with Gasteiger partial charge in [0.1, 0.15) is 5.01 Å². The Hall–Kier alpha value is -1.99. The van der Waals surface area contributed by atoms with E-state index in [-0.39, 0.29) is 12.0 Å². The first-order valence-electron chi connectivity index (χ1n) is 8.21. The van der Waals surface area contributed by atoms with E-state index in [1.165, 1.54) is 0 Å². The second-order valence-corrected chi connectivity index (χ2v) is 7.46. The third-order valence-corrected chi connectivity index (χ3v) is 5.52. The predicted molar refractivity (Wildman–Crippen MR) is 92.4 cm³/mol. The Balaban J connectivity index is 1.47. The first-order chi connectivity index (χ1) is 11.7. The molecule has 4 rings (SSSR count). The van der Waals surface area contributed by atoms with Crippen LogP contribution in [-0.2, 0) is 4.74 Å². The Morgan fingerprint density at radius 1 is 1.21 bits per heavy atom. The molecule has 0 saturated carbocycles. The lowest BCUT2D eigenvalue weighted by atomic mass is 10.1. The van der Waals surface area contributed by atoms with Crippen molar-refractivity contribution in [3.8, 4) is 0 Å². The molecule has 2 saturated heterocycles. The zero-order valence-electron chi connectivity index (χ0n) is 13.6. The van der Waals surface area contributed by atoms with Gasteiger partial charge >= 0.3 is 0 Å². The van der Waals surface area contributed by atoms with E-state index in [9.17, 15) is 4.79 Å².